The number of esters is 2. The van der Waals surface area contributed by atoms with Crippen molar-refractivity contribution in [1.82, 2.24) is 9.80 Å². The Morgan fingerprint density at radius 3 is 1.60 bits per heavy atom. The molecule has 4 atom stereocenters. The average molecular weight is 689 g/mol. The van der Waals surface area contributed by atoms with Crippen molar-refractivity contribution in [3.05, 3.63) is 69.7 Å². The highest BCUT2D eigenvalue weighted by Gasteiger charge is 2.36. The molecule has 0 bridgehead atoms. The van der Waals surface area contributed by atoms with Crippen molar-refractivity contribution < 1.29 is 38.1 Å². The zero-order valence-corrected chi connectivity index (χ0v) is 27.8. The van der Waals surface area contributed by atoms with E-state index in [2.05, 4.69) is 0 Å². The number of methoxy groups -OCH3 is 2. The number of carbonyl (C=O) groups excluding carboxylic acids is 4. The highest BCUT2D eigenvalue weighted by molar-refractivity contribution is 6.30. The van der Waals surface area contributed by atoms with Gasteiger partial charge in [0.25, 0.3) is 0 Å². The largest absolute Gasteiger partial charge is 0.467 e. The molecule has 2 aliphatic heterocycles. The number of halogens is 3. The average Bonchev–Trinajstić information content (AvgIpc) is 3.05. The van der Waals surface area contributed by atoms with Gasteiger partial charge in [-0.15, -0.1) is 12.4 Å². The molecule has 0 radical (unpaired) electrons. The summed E-state index contributed by atoms with van der Waals surface area (Å²) in [6, 6.07) is 12.5. The molecule has 2 heterocycles. The van der Waals surface area contributed by atoms with Gasteiger partial charge in [-0.25, -0.2) is 9.59 Å². The number of rotatable bonds is 8. The van der Waals surface area contributed by atoms with Crippen LogP contribution in [0.5, 0.6) is 0 Å². The van der Waals surface area contributed by atoms with Crippen molar-refractivity contribution in [2.24, 2.45) is 11.7 Å². The summed E-state index contributed by atoms with van der Waals surface area (Å²) in [5.41, 5.74) is 7.95. The fourth-order valence-electron chi connectivity index (χ4n) is 4.92. The van der Waals surface area contributed by atoms with Crippen molar-refractivity contribution >= 4 is 59.4 Å². The van der Waals surface area contributed by atoms with Crippen LogP contribution in [0.4, 0.5) is 0 Å². The van der Waals surface area contributed by atoms with E-state index in [0.717, 1.165) is 11.1 Å². The van der Waals surface area contributed by atoms with Gasteiger partial charge in [0.1, 0.15) is 0 Å². The molecule has 0 saturated carbocycles. The van der Waals surface area contributed by atoms with Crippen LogP contribution in [0.25, 0.3) is 0 Å². The fourth-order valence-corrected chi connectivity index (χ4v) is 5.17. The van der Waals surface area contributed by atoms with Gasteiger partial charge >= 0.3 is 11.9 Å². The Bertz CT molecular complexity index is 1170. The molecule has 0 aliphatic carbocycles. The van der Waals surface area contributed by atoms with E-state index < -0.39 is 30.1 Å². The maximum Gasteiger partial charge on any atom is 0.331 e. The highest BCUT2D eigenvalue weighted by atomic mass is 35.5. The lowest BCUT2D eigenvalue weighted by Crippen LogP contribution is -2.57. The Morgan fingerprint density at radius 1 is 0.778 bits per heavy atom. The summed E-state index contributed by atoms with van der Waals surface area (Å²) >= 11 is 11.7. The van der Waals surface area contributed by atoms with Gasteiger partial charge in [0.05, 0.1) is 46.7 Å². The first-order valence-corrected chi connectivity index (χ1v) is 15.0. The van der Waals surface area contributed by atoms with Crippen LogP contribution < -0.4 is 5.73 Å². The second-order valence-corrected chi connectivity index (χ2v) is 11.3. The molecule has 2 saturated heterocycles. The second kappa shape index (κ2) is 18.9. The van der Waals surface area contributed by atoms with Gasteiger partial charge in [-0.2, -0.15) is 0 Å². The van der Waals surface area contributed by atoms with E-state index in [1.165, 1.54) is 19.1 Å². The number of amides is 2. The lowest BCUT2D eigenvalue weighted by Gasteiger charge is -2.35. The third kappa shape index (κ3) is 11.1. The molecule has 248 valence electrons. The van der Waals surface area contributed by atoms with Crippen LogP contribution in [0, 0.1) is 5.92 Å². The van der Waals surface area contributed by atoms with E-state index in [1.54, 1.807) is 29.2 Å². The van der Waals surface area contributed by atoms with E-state index in [-0.39, 0.29) is 43.4 Å². The van der Waals surface area contributed by atoms with E-state index in [9.17, 15) is 19.2 Å². The lowest BCUT2D eigenvalue weighted by atomic mass is 9.99. The summed E-state index contributed by atoms with van der Waals surface area (Å²) in [4.78, 5) is 51.7. The smallest absolute Gasteiger partial charge is 0.331 e. The molecule has 11 nitrogen and oxygen atoms in total. The second-order valence-electron chi connectivity index (χ2n) is 10.5. The number of carbonyl (C=O) groups is 4. The van der Waals surface area contributed by atoms with Gasteiger partial charge < -0.3 is 34.5 Å². The van der Waals surface area contributed by atoms with Crippen LogP contribution in [0.3, 0.4) is 0 Å². The third-order valence-electron chi connectivity index (χ3n) is 7.33. The molecule has 2 aromatic carbocycles. The van der Waals surface area contributed by atoms with Crippen molar-refractivity contribution in [2.45, 2.75) is 37.9 Å². The topological polar surface area (TPSA) is 138 Å². The molecule has 2 amide bonds. The molecule has 4 rings (SSSR count). The molecule has 2 fully saturated rings. The lowest BCUT2D eigenvalue weighted by molar-refractivity contribution is -0.162. The summed E-state index contributed by atoms with van der Waals surface area (Å²) in [5, 5.41) is 1.30. The van der Waals surface area contributed by atoms with Gasteiger partial charge in [-0.05, 0) is 48.2 Å². The van der Waals surface area contributed by atoms with Gasteiger partial charge in [-0.3, -0.25) is 9.59 Å². The molecule has 2 aliphatic rings. The van der Waals surface area contributed by atoms with Crippen molar-refractivity contribution in [3.63, 3.8) is 0 Å². The Hall–Kier alpha value is -2.93. The Balaban J connectivity index is 0.000000307. The molecule has 2 aromatic rings. The summed E-state index contributed by atoms with van der Waals surface area (Å²) in [6.45, 7) is 3.73. The maximum absolute atomic E-state index is 12.6. The van der Waals surface area contributed by atoms with E-state index in [4.69, 9.17) is 47.9 Å². The SMILES string of the molecule is COC(=O)[C@@H]1COCCN1C(=O)C(C)Cc1ccc(Cl)cc1.COC(=O)[C@@H]1COCCN1C(=O)C(N)Cc1ccc(Cl)cc1.Cl. The number of benzene rings is 2. The first kappa shape index (κ1) is 38.3. The minimum Gasteiger partial charge on any atom is -0.467 e. The van der Waals surface area contributed by atoms with Gasteiger partial charge in [0.2, 0.25) is 11.8 Å². The number of nitrogens with zero attached hydrogens (tertiary/aromatic N) is 2. The van der Waals surface area contributed by atoms with Crippen LogP contribution in [0.1, 0.15) is 18.1 Å². The first-order chi connectivity index (χ1) is 21.0. The Kier molecular flexibility index (Phi) is 16.1. The normalized spacial score (nSPS) is 19.2. The van der Waals surface area contributed by atoms with Crippen molar-refractivity contribution in [3.8, 4) is 0 Å². The fraction of sp³-hybridized carbons (Fsp3) is 0.484. The van der Waals surface area contributed by atoms with Crippen LogP contribution in [0.2, 0.25) is 10.0 Å². The summed E-state index contributed by atoms with van der Waals surface area (Å²) in [7, 11) is 2.60. The predicted molar refractivity (Wildman–Crippen MR) is 171 cm³/mol. The Morgan fingerprint density at radius 2 is 1.18 bits per heavy atom. The summed E-state index contributed by atoms with van der Waals surface area (Å²) < 4.78 is 20.0. The van der Waals surface area contributed by atoms with Crippen molar-refractivity contribution in [1.29, 1.82) is 0 Å². The van der Waals surface area contributed by atoms with Crippen LogP contribution in [0.15, 0.2) is 48.5 Å². The molecule has 45 heavy (non-hydrogen) atoms. The standard InChI is InChI=1S/C16H20ClNO4.C15H19ClN2O4.ClH/c1-11(9-12-3-5-13(17)6-4-12)15(19)18-7-8-22-10-14(18)16(20)21-2;1-21-15(20)13-9-22-7-6-18(13)14(19)12(17)8-10-2-4-11(16)5-3-10;/h3-6,11,14H,7-10H2,1-2H3;2-5,12-13H,6-9,17H2,1H3;1H/t11?,14-;12?,13-;/m00./s1. The monoisotopic (exact) mass is 687 g/mol. The predicted octanol–water partition coefficient (Wildman–Crippen LogP) is 2.95. The third-order valence-corrected chi connectivity index (χ3v) is 7.84. The minimum absolute atomic E-state index is 0. The number of hydrogen-bond acceptors (Lipinski definition) is 9. The Labute approximate surface area is 279 Å². The van der Waals surface area contributed by atoms with Crippen LogP contribution in [-0.4, -0.2) is 105 Å². The van der Waals surface area contributed by atoms with E-state index in [1.807, 2.05) is 31.2 Å². The zero-order chi connectivity index (χ0) is 32.2. The molecule has 2 unspecified atom stereocenters. The van der Waals surface area contributed by atoms with Gasteiger partial charge in [0, 0.05) is 29.1 Å². The first-order valence-electron chi connectivity index (χ1n) is 14.2. The van der Waals surface area contributed by atoms with Gasteiger partial charge in [-0.1, -0.05) is 54.4 Å². The molecule has 0 spiro atoms. The maximum atomic E-state index is 12.6. The van der Waals surface area contributed by atoms with Crippen molar-refractivity contribution in [2.75, 3.05) is 53.7 Å². The minimum atomic E-state index is -0.734. The zero-order valence-electron chi connectivity index (χ0n) is 25.5. The molecular weight excluding hydrogens is 649 g/mol. The number of hydrogen-bond donors (Lipinski definition) is 1. The number of morpholine rings is 2. The summed E-state index contributed by atoms with van der Waals surface area (Å²) in [6.07, 6.45) is 0.975. The van der Waals surface area contributed by atoms with E-state index in [0.29, 0.717) is 49.2 Å². The molecule has 0 aromatic heterocycles. The van der Waals surface area contributed by atoms with E-state index >= 15 is 0 Å². The molecule has 14 heteroatoms. The molecule has 2 N–H and O–H groups in total. The van der Waals surface area contributed by atoms with Crippen LogP contribution in [-0.2, 0) is 51.0 Å². The summed E-state index contributed by atoms with van der Waals surface area (Å²) in [5.74, 6) is -1.51. The quantitative estimate of drug-likeness (QED) is 0.415. The van der Waals surface area contributed by atoms with Crippen LogP contribution >= 0.6 is 35.6 Å². The van der Waals surface area contributed by atoms with Gasteiger partial charge in [0.15, 0.2) is 12.1 Å². The number of nitrogens with two attached hydrogens (primary N) is 1. The highest BCUT2D eigenvalue weighted by Crippen LogP contribution is 2.18. The number of ether oxygens (including phenoxy) is 4. The molecular formula is C31H40Cl3N3O8.